The van der Waals surface area contributed by atoms with Crippen molar-refractivity contribution < 1.29 is 19.4 Å². The number of ether oxygens (including phenoxy) is 1. The molecule has 0 spiro atoms. The molecular formula is C13H14O4. The molecule has 4 nitrogen and oxygen atoms in total. The molecule has 0 saturated heterocycles. The van der Waals surface area contributed by atoms with Gasteiger partial charge >= 0.3 is 11.9 Å². The normalized spacial score (nSPS) is 11.5. The van der Waals surface area contributed by atoms with Gasteiger partial charge in [-0.05, 0) is 5.56 Å². The molecule has 0 heterocycles. The van der Waals surface area contributed by atoms with Crippen LogP contribution in [0.1, 0.15) is 17.9 Å². The van der Waals surface area contributed by atoms with Crippen molar-refractivity contribution in [2.24, 2.45) is 0 Å². The van der Waals surface area contributed by atoms with Crippen LogP contribution in [-0.2, 0) is 14.3 Å². The molecular weight excluding hydrogens is 220 g/mol. The van der Waals surface area contributed by atoms with Crippen LogP contribution in [0.5, 0.6) is 0 Å². The number of carboxylic acid groups (broad SMARTS) is 1. The number of carboxylic acids is 1. The van der Waals surface area contributed by atoms with Crippen LogP contribution in [0.2, 0.25) is 0 Å². The van der Waals surface area contributed by atoms with Gasteiger partial charge in [-0.3, -0.25) is 9.59 Å². The quantitative estimate of drug-likeness (QED) is 0.603. The zero-order valence-corrected chi connectivity index (χ0v) is 9.33. The number of rotatable bonds is 6. The lowest BCUT2D eigenvalue weighted by atomic mass is 9.96. The van der Waals surface area contributed by atoms with E-state index in [1.54, 1.807) is 30.3 Å². The predicted molar refractivity (Wildman–Crippen MR) is 62.6 cm³/mol. The standard InChI is InChI=1S/C13H14O4/c1-2-8-17-13(16)11(9-12(14)15)10-6-4-3-5-7-10/h2-7,11H,1,8-9H2,(H,14,15). The van der Waals surface area contributed by atoms with Crippen LogP contribution >= 0.6 is 0 Å². The molecule has 0 aliphatic carbocycles. The van der Waals surface area contributed by atoms with Crippen molar-refractivity contribution in [2.75, 3.05) is 6.61 Å². The molecule has 4 heteroatoms. The maximum absolute atomic E-state index is 11.7. The molecule has 1 N–H and O–H groups in total. The average Bonchev–Trinajstić information content (AvgIpc) is 2.34. The molecule has 0 fully saturated rings. The van der Waals surface area contributed by atoms with Crippen molar-refractivity contribution >= 4 is 11.9 Å². The lowest BCUT2D eigenvalue weighted by molar-refractivity contribution is -0.148. The number of esters is 1. The monoisotopic (exact) mass is 234 g/mol. The Morgan fingerprint density at radius 2 is 2.00 bits per heavy atom. The summed E-state index contributed by atoms with van der Waals surface area (Å²) >= 11 is 0. The van der Waals surface area contributed by atoms with Crippen LogP contribution in [0.4, 0.5) is 0 Å². The van der Waals surface area contributed by atoms with Crippen molar-refractivity contribution in [3.05, 3.63) is 48.6 Å². The van der Waals surface area contributed by atoms with Gasteiger partial charge in [-0.1, -0.05) is 43.0 Å². The largest absolute Gasteiger partial charge is 0.481 e. The first-order valence-electron chi connectivity index (χ1n) is 5.19. The van der Waals surface area contributed by atoms with Crippen molar-refractivity contribution in [3.63, 3.8) is 0 Å². The Labute approximate surface area is 99.5 Å². The zero-order valence-electron chi connectivity index (χ0n) is 9.33. The average molecular weight is 234 g/mol. The summed E-state index contributed by atoms with van der Waals surface area (Å²) < 4.78 is 4.89. The van der Waals surface area contributed by atoms with Gasteiger partial charge in [-0.25, -0.2) is 0 Å². The number of carbonyl (C=O) groups excluding carboxylic acids is 1. The fourth-order valence-electron chi connectivity index (χ4n) is 1.44. The molecule has 1 atom stereocenters. The van der Waals surface area contributed by atoms with Crippen LogP contribution in [0, 0.1) is 0 Å². The fraction of sp³-hybridized carbons (Fsp3) is 0.231. The second-order valence-electron chi connectivity index (χ2n) is 3.48. The van der Waals surface area contributed by atoms with E-state index in [0.717, 1.165) is 0 Å². The number of hydrogen-bond donors (Lipinski definition) is 1. The molecule has 0 aromatic heterocycles. The van der Waals surface area contributed by atoms with Crippen LogP contribution in [0.15, 0.2) is 43.0 Å². The van der Waals surface area contributed by atoms with Crippen LogP contribution in [0.25, 0.3) is 0 Å². The summed E-state index contributed by atoms with van der Waals surface area (Å²) in [6, 6.07) is 8.73. The van der Waals surface area contributed by atoms with Gasteiger partial charge in [0.05, 0.1) is 12.3 Å². The van der Waals surface area contributed by atoms with Crippen molar-refractivity contribution in [3.8, 4) is 0 Å². The van der Waals surface area contributed by atoms with E-state index in [1.807, 2.05) is 0 Å². The van der Waals surface area contributed by atoms with Crippen molar-refractivity contribution in [1.29, 1.82) is 0 Å². The summed E-state index contributed by atoms with van der Waals surface area (Å²) in [5.74, 6) is -2.35. The summed E-state index contributed by atoms with van der Waals surface area (Å²) in [6.07, 6.45) is 1.17. The maximum atomic E-state index is 11.7. The van der Waals surface area contributed by atoms with E-state index < -0.39 is 17.9 Å². The van der Waals surface area contributed by atoms with E-state index in [2.05, 4.69) is 6.58 Å². The van der Waals surface area contributed by atoms with Crippen LogP contribution in [0.3, 0.4) is 0 Å². The minimum absolute atomic E-state index is 0.0851. The highest BCUT2D eigenvalue weighted by Gasteiger charge is 2.24. The molecule has 1 rings (SSSR count). The Hall–Kier alpha value is -2.10. The summed E-state index contributed by atoms with van der Waals surface area (Å²) in [7, 11) is 0. The predicted octanol–water partition coefficient (Wildman–Crippen LogP) is 1.97. The second-order valence-corrected chi connectivity index (χ2v) is 3.48. The minimum Gasteiger partial charge on any atom is -0.481 e. The molecule has 0 radical (unpaired) electrons. The highest BCUT2D eigenvalue weighted by Crippen LogP contribution is 2.21. The van der Waals surface area contributed by atoms with E-state index >= 15 is 0 Å². The first-order chi connectivity index (χ1) is 8.15. The Balaban J connectivity index is 2.84. The van der Waals surface area contributed by atoms with Gasteiger partial charge in [0.1, 0.15) is 6.61 Å². The Bertz CT molecular complexity index is 397. The molecule has 17 heavy (non-hydrogen) atoms. The Morgan fingerprint density at radius 3 is 2.53 bits per heavy atom. The molecule has 0 aliphatic rings. The van der Waals surface area contributed by atoms with E-state index in [1.165, 1.54) is 6.08 Å². The van der Waals surface area contributed by atoms with Crippen LogP contribution in [-0.4, -0.2) is 23.7 Å². The highest BCUT2D eigenvalue weighted by molar-refractivity contribution is 5.83. The summed E-state index contributed by atoms with van der Waals surface area (Å²) in [5, 5.41) is 8.79. The first-order valence-corrected chi connectivity index (χ1v) is 5.19. The maximum Gasteiger partial charge on any atom is 0.314 e. The number of carbonyl (C=O) groups is 2. The van der Waals surface area contributed by atoms with Gasteiger partial charge in [0, 0.05) is 0 Å². The third-order valence-corrected chi connectivity index (χ3v) is 2.21. The fourth-order valence-corrected chi connectivity index (χ4v) is 1.44. The molecule has 1 unspecified atom stereocenters. The molecule has 1 aromatic rings. The van der Waals surface area contributed by atoms with Gasteiger partial charge < -0.3 is 9.84 Å². The van der Waals surface area contributed by atoms with Crippen molar-refractivity contribution in [1.82, 2.24) is 0 Å². The summed E-state index contributed by atoms with van der Waals surface area (Å²) in [6.45, 7) is 3.52. The molecule has 0 bridgehead atoms. The summed E-state index contributed by atoms with van der Waals surface area (Å²) in [4.78, 5) is 22.4. The second kappa shape index (κ2) is 6.48. The Kier molecular flexibility index (Phi) is 4.94. The third-order valence-electron chi connectivity index (χ3n) is 2.21. The Morgan fingerprint density at radius 1 is 1.35 bits per heavy atom. The minimum atomic E-state index is -1.03. The van der Waals surface area contributed by atoms with Gasteiger partial charge in [0.15, 0.2) is 0 Å². The zero-order chi connectivity index (χ0) is 12.7. The molecule has 1 aromatic carbocycles. The third kappa shape index (κ3) is 4.10. The van der Waals surface area contributed by atoms with Crippen LogP contribution < -0.4 is 0 Å². The van der Waals surface area contributed by atoms with E-state index in [4.69, 9.17) is 9.84 Å². The number of hydrogen-bond acceptors (Lipinski definition) is 3. The lowest BCUT2D eigenvalue weighted by Crippen LogP contribution is -2.19. The molecule has 0 aliphatic heterocycles. The van der Waals surface area contributed by atoms with Gasteiger partial charge in [-0.15, -0.1) is 0 Å². The topological polar surface area (TPSA) is 63.6 Å². The number of aliphatic carboxylic acids is 1. The molecule has 0 amide bonds. The van der Waals surface area contributed by atoms with E-state index in [0.29, 0.717) is 5.56 Å². The lowest BCUT2D eigenvalue weighted by Gasteiger charge is -2.13. The van der Waals surface area contributed by atoms with Crippen molar-refractivity contribution in [2.45, 2.75) is 12.3 Å². The molecule has 0 saturated carbocycles. The van der Waals surface area contributed by atoms with Gasteiger partial charge in [0.25, 0.3) is 0 Å². The van der Waals surface area contributed by atoms with Gasteiger partial charge in [0.2, 0.25) is 0 Å². The number of benzene rings is 1. The SMILES string of the molecule is C=CCOC(=O)C(CC(=O)O)c1ccccc1. The van der Waals surface area contributed by atoms with Gasteiger partial charge in [-0.2, -0.15) is 0 Å². The molecule has 90 valence electrons. The smallest absolute Gasteiger partial charge is 0.314 e. The first kappa shape index (κ1) is 13.0. The van der Waals surface area contributed by atoms with E-state index in [9.17, 15) is 9.59 Å². The summed E-state index contributed by atoms with van der Waals surface area (Å²) in [5.41, 5.74) is 0.643. The van der Waals surface area contributed by atoms with E-state index in [-0.39, 0.29) is 13.0 Å². The highest BCUT2D eigenvalue weighted by atomic mass is 16.5.